The number of aliphatic hydroxyl groups is 4. The summed E-state index contributed by atoms with van der Waals surface area (Å²) >= 11 is 0. The number of ether oxygens (including phenoxy) is 9. The lowest BCUT2D eigenvalue weighted by atomic mass is 10.0. The summed E-state index contributed by atoms with van der Waals surface area (Å²) in [4.78, 5) is 0. The van der Waals surface area contributed by atoms with Crippen LogP contribution in [0.15, 0.2) is 0 Å². The maximum absolute atomic E-state index is 9.65. The van der Waals surface area contributed by atoms with Gasteiger partial charge >= 0.3 is 0 Å². The highest BCUT2D eigenvalue weighted by Crippen LogP contribution is 2.29. The van der Waals surface area contributed by atoms with Crippen molar-refractivity contribution in [2.24, 2.45) is 0 Å². The van der Waals surface area contributed by atoms with Crippen molar-refractivity contribution in [2.75, 3.05) is 33.0 Å². The summed E-state index contributed by atoms with van der Waals surface area (Å²) in [5, 5.41) is 38.4. The normalized spacial score (nSPS) is 38.1. The fourth-order valence-electron chi connectivity index (χ4n) is 6.58. The van der Waals surface area contributed by atoms with Crippen molar-refractivity contribution in [3.8, 4) is 0 Å². The molecule has 0 saturated carbocycles. The topological polar surface area (TPSA) is 164 Å². The molecule has 0 aromatic heterocycles. The Morgan fingerprint density at radius 1 is 0.460 bits per heavy atom. The van der Waals surface area contributed by atoms with Crippen molar-refractivity contribution in [1.29, 1.82) is 0 Å². The second-order valence-electron chi connectivity index (χ2n) is 14.8. The van der Waals surface area contributed by atoms with Gasteiger partial charge in [0.1, 0.15) is 48.8 Å². The summed E-state index contributed by atoms with van der Waals surface area (Å²) in [6, 6.07) is 0. The minimum atomic E-state index is -0.481. The second kappa shape index (κ2) is 23.3. The largest absolute Gasteiger partial charge is 0.390 e. The Morgan fingerprint density at radius 2 is 0.860 bits per heavy atom. The molecular formula is C37H72O13. The number of hydrogen-bond acceptors (Lipinski definition) is 13. The fraction of sp³-hybridized carbons (Fsp3) is 1.00. The minimum Gasteiger partial charge on any atom is -0.390 e. The van der Waals surface area contributed by atoms with Crippen LogP contribution in [0.5, 0.6) is 0 Å². The van der Waals surface area contributed by atoms with Crippen LogP contribution in [0.25, 0.3) is 0 Å². The van der Waals surface area contributed by atoms with Crippen LogP contribution < -0.4 is 0 Å². The Labute approximate surface area is 301 Å². The first-order valence-corrected chi connectivity index (χ1v) is 19.0. The predicted molar refractivity (Wildman–Crippen MR) is 188 cm³/mol. The van der Waals surface area contributed by atoms with E-state index in [0.717, 1.165) is 19.3 Å². The third kappa shape index (κ3) is 15.1. The predicted octanol–water partition coefficient (Wildman–Crippen LogP) is 3.18. The van der Waals surface area contributed by atoms with Crippen molar-refractivity contribution < 1.29 is 63.1 Å². The van der Waals surface area contributed by atoms with Crippen molar-refractivity contribution >= 4 is 0 Å². The molecule has 0 aromatic rings. The summed E-state index contributed by atoms with van der Waals surface area (Å²) in [5.41, 5.74) is 0. The summed E-state index contributed by atoms with van der Waals surface area (Å²) in [7, 11) is 0. The van der Waals surface area contributed by atoms with E-state index in [1.807, 2.05) is 76.2 Å². The zero-order valence-corrected chi connectivity index (χ0v) is 32.6. The molecule has 298 valence electrons. The SMILES string of the molecule is CC(C)O[C@@H]1CO[C@H]2[C@@H]1OC[C@H]2O.CC[C@@H]1OC[C@@H](OC(C)C)[C@H]1O.CC[C@H]1OC[C@H](OC(C)C)C[C@@H]1O.CC[C@H]1OC[C@H](OC(C)C)[C@@H]1O. The second-order valence-corrected chi connectivity index (χ2v) is 14.8. The van der Waals surface area contributed by atoms with Gasteiger partial charge in [-0.2, -0.15) is 0 Å². The van der Waals surface area contributed by atoms with Gasteiger partial charge in [0.2, 0.25) is 0 Å². The first-order chi connectivity index (χ1) is 23.6. The van der Waals surface area contributed by atoms with Crippen LogP contribution in [0.3, 0.4) is 0 Å². The highest BCUT2D eigenvalue weighted by atomic mass is 16.6. The molecule has 0 spiro atoms. The van der Waals surface area contributed by atoms with Gasteiger partial charge in [-0.05, 0) is 74.7 Å². The molecule has 5 heterocycles. The zero-order valence-electron chi connectivity index (χ0n) is 32.6. The van der Waals surface area contributed by atoms with Gasteiger partial charge in [-0.25, -0.2) is 0 Å². The van der Waals surface area contributed by atoms with Gasteiger partial charge in [0.05, 0.1) is 88.0 Å². The highest BCUT2D eigenvalue weighted by Gasteiger charge is 2.48. The molecule has 0 bridgehead atoms. The van der Waals surface area contributed by atoms with Crippen molar-refractivity contribution in [3.63, 3.8) is 0 Å². The van der Waals surface area contributed by atoms with Crippen molar-refractivity contribution in [3.05, 3.63) is 0 Å². The maximum Gasteiger partial charge on any atom is 0.115 e. The molecule has 50 heavy (non-hydrogen) atoms. The molecular weight excluding hydrogens is 652 g/mol. The van der Waals surface area contributed by atoms with Gasteiger partial charge in [-0.1, -0.05) is 20.8 Å². The van der Waals surface area contributed by atoms with Gasteiger partial charge in [-0.15, -0.1) is 0 Å². The van der Waals surface area contributed by atoms with Crippen LogP contribution >= 0.6 is 0 Å². The monoisotopic (exact) mass is 724 g/mol. The lowest BCUT2D eigenvalue weighted by Crippen LogP contribution is -2.42. The first kappa shape index (κ1) is 45.6. The lowest BCUT2D eigenvalue weighted by Gasteiger charge is -2.33. The number of hydrogen-bond donors (Lipinski definition) is 4. The van der Waals surface area contributed by atoms with Crippen LogP contribution in [0.4, 0.5) is 0 Å². The van der Waals surface area contributed by atoms with Crippen LogP contribution in [0.2, 0.25) is 0 Å². The van der Waals surface area contributed by atoms with Crippen LogP contribution in [0, 0.1) is 0 Å². The third-order valence-corrected chi connectivity index (χ3v) is 8.90. The van der Waals surface area contributed by atoms with Gasteiger partial charge in [0.15, 0.2) is 0 Å². The molecule has 0 radical (unpaired) electrons. The molecule has 5 aliphatic heterocycles. The minimum absolute atomic E-state index is 0.00649. The highest BCUT2D eigenvalue weighted by molar-refractivity contribution is 4.95. The Kier molecular flexibility index (Phi) is 21.3. The van der Waals surface area contributed by atoms with Crippen molar-refractivity contribution in [1.82, 2.24) is 0 Å². The quantitative estimate of drug-likeness (QED) is 0.246. The summed E-state index contributed by atoms with van der Waals surface area (Å²) in [6.45, 7) is 24.4. The fourth-order valence-corrected chi connectivity index (χ4v) is 6.58. The van der Waals surface area contributed by atoms with E-state index in [1.54, 1.807) is 0 Å². The molecule has 0 unspecified atom stereocenters. The third-order valence-electron chi connectivity index (χ3n) is 8.90. The molecule has 0 amide bonds. The van der Waals surface area contributed by atoms with E-state index < -0.39 is 18.3 Å². The van der Waals surface area contributed by atoms with E-state index in [2.05, 4.69) is 0 Å². The first-order valence-electron chi connectivity index (χ1n) is 19.0. The Bertz CT molecular complexity index is 844. The van der Waals surface area contributed by atoms with E-state index in [9.17, 15) is 20.4 Å². The number of fused-ring (bicyclic) bond motifs is 1. The molecule has 5 fully saturated rings. The van der Waals surface area contributed by atoms with Crippen molar-refractivity contribution in [2.45, 2.75) is 206 Å². The van der Waals surface area contributed by atoms with E-state index in [-0.39, 0.29) is 85.5 Å². The molecule has 13 nitrogen and oxygen atoms in total. The Hall–Kier alpha value is -0.520. The molecule has 5 rings (SSSR count). The maximum atomic E-state index is 9.65. The van der Waals surface area contributed by atoms with Gasteiger partial charge in [0.25, 0.3) is 0 Å². The van der Waals surface area contributed by atoms with Gasteiger partial charge < -0.3 is 63.1 Å². The Balaban J connectivity index is 0.000000231. The van der Waals surface area contributed by atoms with E-state index in [4.69, 9.17) is 42.6 Å². The van der Waals surface area contributed by atoms with Crippen LogP contribution in [-0.4, -0.2) is 157 Å². The molecule has 13 atom stereocenters. The molecule has 13 heteroatoms. The summed E-state index contributed by atoms with van der Waals surface area (Å²) in [5.74, 6) is 0. The van der Waals surface area contributed by atoms with E-state index in [0.29, 0.717) is 39.5 Å². The summed E-state index contributed by atoms with van der Waals surface area (Å²) in [6.07, 6.45) is 1.72. The van der Waals surface area contributed by atoms with Crippen LogP contribution in [-0.2, 0) is 42.6 Å². The summed E-state index contributed by atoms with van der Waals surface area (Å²) < 4.78 is 49.1. The van der Waals surface area contributed by atoms with E-state index >= 15 is 0 Å². The standard InChI is InChI=1S/C10H20O3.C9H16O4.2C9H18O3/c1-4-10-9(11)5-8(6-12-10)13-7(2)3;1-5(2)13-7-4-12-8-6(10)3-11-9(7)8;2*1-4-7-9(10)8(5-11-7)12-6(2)3/h7-11H,4-6H2,1-3H3;5-10H,3-4H2,1-2H3;2*6-10H,4-5H2,1-3H3/t8-,9+,10-;6-,7-,8-,9-;2*7-,8+,9-/m1110/s1. The van der Waals surface area contributed by atoms with Gasteiger partial charge in [-0.3, -0.25) is 0 Å². The number of aliphatic hydroxyl groups excluding tert-OH is 4. The molecule has 0 aliphatic carbocycles. The average Bonchev–Trinajstić information content (AvgIpc) is 3.80. The molecule has 0 aromatic carbocycles. The zero-order chi connectivity index (χ0) is 37.5. The molecule has 4 N–H and O–H groups in total. The molecule has 5 saturated heterocycles. The van der Waals surface area contributed by atoms with Gasteiger partial charge in [0, 0.05) is 6.42 Å². The molecule has 5 aliphatic rings. The number of rotatable bonds is 11. The Morgan fingerprint density at radius 3 is 1.26 bits per heavy atom. The lowest BCUT2D eigenvalue weighted by molar-refractivity contribution is -0.151. The van der Waals surface area contributed by atoms with Crippen LogP contribution in [0.1, 0.15) is 102 Å². The smallest absolute Gasteiger partial charge is 0.115 e. The van der Waals surface area contributed by atoms with E-state index in [1.165, 1.54) is 0 Å². The average molecular weight is 725 g/mol.